The molecule has 0 aliphatic carbocycles. The highest BCUT2D eigenvalue weighted by Gasteiger charge is 2.29. The molecule has 2 aromatic carbocycles. The number of halogens is 4. The van der Waals surface area contributed by atoms with Crippen molar-refractivity contribution in [2.24, 2.45) is 5.10 Å². The predicted octanol–water partition coefficient (Wildman–Crippen LogP) is 5.16. The Balaban J connectivity index is 1.94. The Kier molecular flexibility index (Phi) is 4.73. The Morgan fingerprint density at radius 2 is 1.80 bits per heavy atom. The first-order valence-electron chi connectivity index (χ1n) is 7.00. The lowest BCUT2D eigenvalue weighted by Gasteiger charge is -2.06. The molecular formula is C16H10ClF3N4S. The smallest absolute Gasteiger partial charge is 0.250 e. The van der Waals surface area contributed by atoms with Gasteiger partial charge in [0.15, 0.2) is 5.82 Å². The van der Waals surface area contributed by atoms with Gasteiger partial charge in [0.2, 0.25) is 4.77 Å². The van der Waals surface area contributed by atoms with E-state index in [0.29, 0.717) is 22.0 Å². The predicted molar refractivity (Wildman–Crippen MR) is 92.3 cm³/mol. The molecule has 0 bridgehead atoms. The zero-order valence-corrected chi connectivity index (χ0v) is 14.0. The lowest BCUT2D eigenvalue weighted by molar-refractivity contribution is -0.137. The van der Waals surface area contributed by atoms with Gasteiger partial charge in [-0.3, -0.25) is 0 Å². The number of alkyl halides is 3. The topological polar surface area (TPSA) is 46.0 Å². The molecule has 3 aromatic rings. The van der Waals surface area contributed by atoms with Crippen LogP contribution in [0.4, 0.5) is 13.2 Å². The van der Waals surface area contributed by atoms with Gasteiger partial charge in [0.25, 0.3) is 0 Å². The van der Waals surface area contributed by atoms with E-state index >= 15 is 0 Å². The van der Waals surface area contributed by atoms with Crippen LogP contribution in [0.3, 0.4) is 0 Å². The van der Waals surface area contributed by atoms with Gasteiger partial charge in [-0.15, -0.1) is 0 Å². The Morgan fingerprint density at radius 1 is 1.12 bits per heavy atom. The second-order valence-electron chi connectivity index (χ2n) is 5.01. The first-order chi connectivity index (χ1) is 11.9. The van der Waals surface area contributed by atoms with Crippen molar-refractivity contribution in [3.05, 3.63) is 69.5 Å². The van der Waals surface area contributed by atoms with Gasteiger partial charge in [-0.25, -0.2) is 5.10 Å². The van der Waals surface area contributed by atoms with Crippen molar-refractivity contribution in [2.45, 2.75) is 6.18 Å². The molecule has 128 valence electrons. The lowest BCUT2D eigenvalue weighted by atomic mass is 10.1. The average molecular weight is 383 g/mol. The van der Waals surface area contributed by atoms with Gasteiger partial charge in [-0.05, 0) is 42.0 Å². The zero-order valence-electron chi connectivity index (χ0n) is 12.5. The second-order valence-corrected chi connectivity index (χ2v) is 5.80. The Hall–Kier alpha value is -2.45. The third-order valence-electron chi connectivity index (χ3n) is 3.33. The molecule has 4 nitrogen and oxygen atoms in total. The van der Waals surface area contributed by atoms with E-state index in [-0.39, 0.29) is 4.77 Å². The number of hydrogen-bond donors (Lipinski definition) is 1. The molecule has 0 saturated carbocycles. The summed E-state index contributed by atoms with van der Waals surface area (Å²) in [5, 5.41) is 11.4. The van der Waals surface area contributed by atoms with Crippen LogP contribution in [0.5, 0.6) is 0 Å². The van der Waals surface area contributed by atoms with Crippen molar-refractivity contribution in [1.29, 1.82) is 0 Å². The molecule has 25 heavy (non-hydrogen) atoms. The summed E-state index contributed by atoms with van der Waals surface area (Å²) in [4.78, 5) is 0. The number of hydrogen-bond acceptors (Lipinski definition) is 3. The molecule has 0 aliphatic heterocycles. The van der Waals surface area contributed by atoms with Crippen molar-refractivity contribution < 1.29 is 13.2 Å². The third kappa shape index (κ3) is 3.80. The summed E-state index contributed by atoms with van der Waals surface area (Å²) in [6.07, 6.45) is -2.98. The van der Waals surface area contributed by atoms with Gasteiger partial charge in [-0.1, -0.05) is 35.9 Å². The number of nitrogens with one attached hydrogen (secondary N) is 1. The van der Waals surface area contributed by atoms with Crippen LogP contribution in [-0.4, -0.2) is 21.1 Å². The maximum atomic E-state index is 12.6. The fraction of sp³-hybridized carbons (Fsp3) is 0.0625. The standard InChI is InChI=1S/C16H10ClF3N4S/c17-13-4-2-1-3-12(13)14-22-23-15(25)24(14)21-9-10-5-7-11(8-6-10)16(18,19)20/h1-9H,(H,23,25)/b21-9+. The first kappa shape index (κ1) is 17.4. The molecule has 0 aliphatic rings. The fourth-order valence-corrected chi connectivity index (χ4v) is 2.50. The number of aromatic amines is 1. The van der Waals surface area contributed by atoms with Crippen LogP contribution in [0.25, 0.3) is 11.4 Å². The maximum absolute atomic E-state index is 12.6. The van der Waals surface area contributed by atoms with E-state index in [1.165, 1.54) is 23.0 Å². The van der Waals surface area contributed by atoms with Crippen LogP contribution in [0, 0.1) is 4.77 Å². The number of benzene rings is 2. The van der Waals surface area contributed by atoms with Crippen molar-refractivity contribution >= 4 is 30.0 Å². The molecule has 0 amide bonds. The molecule has 9 heteroatoms. The van der Waals surface area contributed by atoms with E-state index in [4.69, 9.17) is 23.8 Å². The number of aromatic nitrogens is 3. The zero-order chi connectivity index (χ0) is 18.0. The first-order valence-corrected chi connectivity index (χ1v) is 7.79. The van der Waals surface area contributed by atoms with Gasteiger partial charge in [0, 0.05) is 5.56 Å². The van der Waals surface area contributed by atoms with Crippen molar-refractivity contribution in [3.8, 4) is 11.4 Å². The second kappa shape index (κ2) is 6.81. The summed E-state index contributed by atoms with van der Waals surface area (Å²) in [5.74, 6) is 0.402. The highest BCUT2D eigenvalue weighted by Crippen LogP contribution is 2.29. The molecule has 0 unspecified atom stereocenters. The van der Waals surface area contributed by atoms with E-state index in [2.05, 4.69) is 15.3 Å². The highest BCUT2D eigenvalue weighted by molar-refractivity contribution is 7.71. The molecule has 1 N–H and O–H groups in total. The number of H-pyrrole nitrogens is 1. The normalized spacial score (nSPS) is 12.0. The van der Waals surface area contributed by atoms with Gasteiger partial charge in [-0.2, -0.15) is 28.0 Å². The molecule has 1 heterocycles. The number of nitrogens with zero attached hydrogens (tertiary/aromatic N) is 3. The molecule has 0 radical (unpaired) electrons. The Labute approximate surface area is 150 Å². The van der Waals surface area contributed by atoms with Crippen molar-refractivity contribution in [3.63, 3.8) is 0 Å². The third-order valence-corrected chi connectivity index (χ3v) is 3.92. The van der Waals surface area contributed by atoms with Crippen LogP contribution < -0.4 is 0 Å². The maximum Gasteiger partial charge on any atom is 0.416 e. The van der Waals surface area contributed by atoms with Crippen molar-refractivity contribution in [2.75, 3.05) is 0 Å². The summed E-state index contributed by atoms with van der Waals surface area (Å²) in [6, 6.07) is 11.7. The minimum Gasteiger partial charge on any atom is -0.250 e. The van der Waals surface area contributed by atoms with Crippen molar-refractivity contribution in [1.82, 2.24) is 14.9 Å². The monoisotopic (exact) mass is 382 g/mol. The molecule has 0 spiro atoms. The van der Waals surface area contributed by atoms with Crippen LogP contribution in [0.15, 0.2) is 53.6 Å². The Morgan fingerprint density at radius 3 is 2.44 bits per heavy atom. The van der Waals surface area contributed by atoms with E-state index in [9.17, 15) is 13.2 Å². The molecular weight excluding hydrogens is 373 g/mol. The average Bonchev–Trinajstić information content (AvgIpc) is 2.93. The molecule has 3 rings (SSSR count). The molecule has 0 saturated heterocycles. The molecule has 0 fully saturated rings. The molecule has 0 atom stereocenters. The summed E-state index contributed by atoms with van der Waals surface area (Å²) in [6.45, 7) is 0. The van der Waals surface area contributed by atoms with Gasteiger partial charge in [0.1, 0.15) is 0 Å². The van der Waals surface area contributed by atoms with Gasteiger partial charge < -0.3 is 0 Å². The summed E-state index contributed by atoms with van der Waals surface area (Å²) in [7, 11) is 0. The largest absolute Gasteiger partial charge is 0.416 e. The Bertz CT molecular complexity index is 974. The minimum atomic E-state index is -4.38. The van der Waals surface area contributed by atoms with Crippen LogP contribution in [-0.2, 0) is 6.18 Å². The fourth-order valence-electron chi connectivity index (χ4n) is 2.10. The summed E-state index contributed by atoms with van der Waals surface area (Å²) in [5.41, 5.74) is 0.392. The van der Waals surface area contributed by atoms with E-state index in [0.717, 1.165) is 12.1 Å². The van der Waals surface area contributed by atoms with E-state index in [1.54, 1.807) is 24.3 Å². The SMILES string of the molecule is FC(F)(F)c1ccc(/C=N/n2c(-c3ccccc3Cl)n[nH]c2=S)cc1. The highest BCUT2D eigenvalue weighted by atomic mass is 35.5. The molecule has 1 aromatic heterocycles. The summed E-state index contributed by atoms with van der Waals surface area (Å²) >= 11 is 11.3. The number of rotatable bonds is 3. The van der Waals surface area contributed by atoms with E-state index < -0.39 is 11.7 Å². The quantitative estimate of drug-likeness (QED) is 0.502. The van der Waals surface area contributed by atoms with Crippen LogP contribution >= 0.6 is 23.8 Å². The van der Waals surface area contributed by atoms with Gasteiger partial charge in [0.05, 0.1) is 16.8 Å². The summed E-state index contributed by atoms with van der Waals surface area (Å²) < 4.78 is 39.3. The lowest BCUT2D eigenvalue weighted by Crippen LogP contribution is -2.04. The van der Waals surface area contributed by atoms with E-state index in [1.807, 2.05) is 0 Å². The van der Waals surface area contributed by atoms with Gasteiger partial charge >= 0.3 is 6.18 Å². The van der Waals surface area contributed by atoms with Crippen LogP contribution in [0.2, 0.25) is 5.02 Å². The van der Waals surface area contributed by atoms with Crippen LogP contribution in [0.1, 0.15) is 11.1 Å². The minimum absolute atomic E-state index is 0.234.